The molecule has 2 aromatic rings. The quantitative estimate of drug-likeness (QED) is 0.773. The summed E-state index contributed by atoms with van der Waals surface area (Å²) in [4.78, 5) is 26.9. The van der Waals surface area contributed by atoms with E-state index in [4.69, 9.17) is 11.6 Å². The van der Waals surface area contributed by atoms with E-state index in [9.17, 15) is 9.59 Å². The highest BCUT2D eigenvalue weighted by atomic mass is 35.5. The first-order chi connectivity index (χ1) is 11.2. The standard InChI is InChI=1S/C19H16ClNO2/c20-13-10-8-12(9-11-13)14-6-3-7-17(14)21-18(22)15-4-1-2-5-16(15)19(21)23/h1-2,4-5,8-11,14,17H,3,6-7H2. The van der Waals surface area contributed by atoms with Crippen molar-refractivity contribution in [2.24, 2.45) is 0 Å². The maximum absolute atomic E-state index is 12.7. The number of benzene rings is 2. The monoisotopic (exact) mass is 325 g/mol. The Balaban J connectivity index is 1.69. The van der Waals surface area contributed by atoms with Crippen molar-refractivity contribution in [2.75, 3.05) is 0 Å². The molecule has 116 valence electrons. The zero-order chi connectivity index (χ0) is 16.0. The summed E-state index contributed by atoms with van der Waals surface area (Å²) in [6.07, 6.45) is 2.86. The van der Waals surface area contributed by atoms with Crippen LogP contribution < -0.4 is 0 Å². The van der Waals surface area contributed by atoms with Crippen molar-refractivity contribution >= 4 is 23.4 Å². The summed E-state index contributed by atoms with van der Waals surface area (Å²) in [6.45, 7) is 0. The summed E-state index contributed by atoms with van der Waals surface area (Å²) >= 11 is 5.97. The second-order valence-electron chi connectivity index (χ2n) is 6.18. The second kappa shape index (κ2) is 5.50. The maximum Gasteiger partial charge on any atom is 0.261 e. The number of nitrogens with zero attached hydrogens (tertiary/aromatic N) is 1. The fraction of sp³-hybridized carbons (Fsp3) is 0.263. The molecule has 1 heterocycles. The molecule has 2 aromatic carbocycles. The Hall–Kier alpha value is -2.13. The fourth-order valence-electron chi connectivity index (χ4n) is 3.86. The lowest BCUT2D eigenvalue weighted by atomic mass is 9.93. The van der Waals surface area contributed by atoms with E-state index < -0.39 is 0 Å². The first-order valence-electron chi connectivity index (χ1n) is 7.89. The zero-order valence-electron chi connectivity index (χ0n) is 12.5. The maximum atomic E-state index is 12.7. The van der Waals surface area contributed by atoms with Gasteiger partial charge in [-0.3, -0.25) is 14.5 Å². The number of halogens is 1. The Kier molecular flexibility index (Phi) is 3.46. The minimum atomic E-state index is -0.156. The number of hydrogen-bond donors (Lipinski definition) is 0. The summed E-state index contributed by atoms with van der Waals surface area (Å²) < 4.78 is 0. The predicted molar refractivity (Wildman–Crippen MR) is 88.8 cm³/mol. The summed E-state index contributed by atoms with van der Waals surface area (Å²) in [6, 6.07) is 14.8. The van der Waals surface area contributed by atoms with Crippen molar-refractivity contribution in [3.63, 3.8) is 0 Å². The van der Waals surface area contributed by atoms with Crippen LogP contribution in [0.15, 0.2) is 48.5 Å². The summed E-state index contributed by atoms with van der Waals surface area (Å²) in [5, 5.41) is 0.698. The van der Waals surface area contributed by atoms with Gasteiger partial charge in [-0.05, 0) is 42.7 Å². The van der Waals surface area contributed by atoms with Crippen LogP contribution >= 0.6 is 11.6 Å². The summed E-state index contributed by atoms with van der Waals surface area (Å²) in [7, 11) is 0. The van der Waals surface area contributed by atoms with E-state index in [1.807, 2.05) is 24.3 Å². The Morgan fingerprint density at radius 2 is 1.48 bits per heavy atom. The van der Waals surface area contributed by atoms with Gasteiger partial charge in [-0.1, -0.05) is 42.3 Å². The van der Waals surface area contributed by atoms with Gasteiger partial charge in [0.1, 0.15) is 0 Å². The van der Waals surface area contributed by atoms with E-state index in [1.54, 1.807) is 24.3 Å². The number of rotatable bonds is 2. The van der Waals surface area contributed by atoms with Gasteiger partial charge in [0, 0.05) is 17.0 Å². The van der Waals surface area contributed by atoms with Crippen LogP contribution in [0.4, 0.5) is 0 Å². The van der Waals surface area contributed by atoms with E-state index in [2.05, 4.69) is 0 Å². The molecule has 1 aliphatic heterocycles. The molecule has 4 heteroatoms. The molecular formula is C19H16ClNO2. The Morgan fingerprint density at radius 3 is 2.09 bits per heavy atom. The van der Waals surface area contributed by atoms with Crippen molar-refractivity contribution in [2.45, 2.75) is 31.2 Å². The number of imide groups is 1. The van der Waals surface area contributed by atoms with Gasteiger partial charge in [0.15, 0.2) is 0 Å². The van der Waals surface area contributed by atoms with Gasteiger partial charge in [-0.2, -0.15) is 0 Å². The molecule has 3 nitrogen and oxygen atoms in total. The Labute approximate surface area is 139 Å². The van der Waals surface area contributed by atoms with Crippen LogP contribution in [0.1, 0.15) is 51.5 Å². The van der Waals surface area contributed by atoms with Crippen LogP contribution in [0.2, 0.25) is 5.02 Å². The van der Waals surface area contributed by atoms with Gasteiger partial charge < -0.3 is 0 Å². The van der Waals surface area contributed by atoms with Crippen molar-refractivity contribution < 1.29 is 9.59 Å². The number of fused-ring (bicyclic) bond motifs is 1. The number of hydrogen-bond acceptors (Lipinski definition) is 2. The van der Waals surface area contributed by atoms with Crippen molar-refractivity contribution in [1.82, 2.24) is 4.90 Å². The molecule has 4 rings (SSSR count). The molecular weight excluding hydrogens is 310 g/mol. The third-order valence-corrected chi connectivity index (χ3v) is 5.19. The van der Waals surface area contributed by atoms with Gasteiger partial charge in [0.2, 0.25) is 0 Å². The van der Waals surface area contributed by atoms with Crippen molar-refractivity contribution in [3.8, 4) is 0 Å². The molecule has 0 radical (unpaired) electrons. The van der Waals surface area contributed by atoms with Gasteiger partial charge in [0.25, 0.3) is 11.8 Å². The molecule has 1 aliphatic carbocycles. The normalized spacial score (nSPS) is 23.4. The molecule has 0 N–H and O–H groups in total. The average Bonchev–Trinajstić information content (AvgIpc) is 3.13. The highest BCUT2D eigenvalue weighted by Crippen LogP contribution is 2.41. The SMILES string of the molecule is O=C1c2ccccc2C(=O)N1C1CCCC1c1ccc(Cl)cc1. The molecule has 2 atom stereocenters. The lowest BCUT2D eigenvalue weighted by molar-refractivity contribution is 0.0574. The van der Waals surface area contributed by atoms with Crippen LogP contribution in [0.3, 0.4) is 0 Å². The highest BCUT2D eigenvalue weighted by molar-refractivity contribution is 6.30. The van der Waals surface area contributed by atoms with E-state index in [0.717, 1.165) is 24.8 Å². The second-order valence-corrected chi connectivity index (χ2v) is 6.62. The van der Waals surface area contributed by atoms with E-state index in [-0.39, 0.29) is 23.8 Å². The number of amides is 2. The summed E-state index contributed by atoms with van der Waals surface area (Å²) in [5.41, 5.74) is 2.20. The molecule has 23 heavy (non-hydrogen) atoms. The van der Waals surface area contributed by atoms with E-state index in [0.29, 0.717) is 16.1 Å². The minimum Gasteiger partial charge on any atom is -0.271 e. The van der Waals surface area contributed by atoms with Crippen molar-refractivity contribution in [1.29, 1.82) is 0 Å². The van der Waals surface area contributed by atoms with Crippen molar-refractivity contribution in [3.05, 3.63) is 70.2 Å². The molecule has 0 spiro atoms. The Bertz CT molecular complexity index is 749. The minimum absolute atomic E-state index is 0.0661. The van der Waals surface area contributed by atoms with Crippen LogP contribution in [-0.4, -0.2) is 22.8 Å². The van der Waals surface area contributed by atoms with Crippen LogP contribution in [0, 0.1) is 0 Å². The van der Waals surface area contributed by atoms with Gasteiger partial charge >= 0.3 is 0 Å². The first-order valence-corrected chi connectivity index (χ1v) is 8.27. The Morgan fingerprint density at radius 1 is 0.870 bits per heavy atom. The van der Waals surface area contributed by atoms with Gasteiger partial charge in [-0.15, -0.1) is 0 Å². The predicted octanol–water partition coefficient (Wildman–Crippen LogP) is 4.27. The first kappa shape index (κ1) is 14.5. The van der Waals surface area contributed by atoms with Gasteiger partial charge in [-0.25, -0.2) is 0 Å². The smallest absolute Gasteiger partial charge is 0.261 e. The van der Waals surface area contributed by atoms with E-state index >= 15 is 0 Å². The average molecular weight is 326 g/mol. The number of carbonyl (C=O) groups is 2. The third kappa shape index (κ3) is 2.27. The molecule has 1 saturated carbocycles. The highest BCUT2D eigenvalue weighted by Gasteiger charge is 2.44. The molecule has 1 fully saturated rings. The third-order valence-electron chi connectivity index (χ3n) is 4.93. The van der Waals surface area contributed by atoms with Crippen LogP contribution in [0.25, 0.3) is 0 Å². The molecule has 2 amide bonds. The molecule has 0 saturated heterocycles. The molecule has 2 unspecified atom stereocenters. The van der Waals surface area contributed by atoms with Crippen LogP contribution in [-0.2, 0) is 0 Å². The lowest BCUT2D eigenvalue weighted by Gasteiger charge is -2.28. The summed E-state index contributed by atoms with van der Waals surface area (Å²) in [5.74, 6) is -0.123. The van der Waals surface area contributed by atoms with E-state index in [1.165, 1.54) is 4.90 Å². The molecule has 0 aromatic heterocycles. The van der Waals surface area contributed by atoms with Crippen LogP contribution in [0.5, 0.6) is 0 Å². The van der Waals surface area contributed by atoms with Gasteiger partial charge in [0.05, 0.1) is 11.1 Å². The zero-order valence-corrected chi connectivity index (χ0v) is 13.3. The largest absolute Gasteiger partial charge is 0.271 e. The molecule has 2 aliphatic rings. The number of carbonyl (C=O) groups excluding carboxylic acids is 2. The fourth-order valence-corrected chi connectivity index (χ4v) is 3.98. The molecule has 0 bridgehead atoms. The lowest BCUT2D eigenvalue weighted by Crippen LogP contribution is -2.41. The topological polar surface area (TPSA) is 37.4 Å².